The van der Waals surface area contributed by atoms with Crippen molar-refractivity contribution in [2.45, 2.75) is 24.8 Å². The zero-order valence-electron chi connectivity index (χ0n) is 8.64. The molecule has 0 atom stereocenters. The maximum Gasteiger partial charge on any atom is 0.252 e. The molecule has 0 aromatic heterocycles. The predicted octanol–water partition coefficient (Wildman–Crippen LogP) is 3.63. The summed E-state index contributed by atoms with van der Waals surface area (Å²) < 4.78 is 25.7. The van der Waals surface area contributed by atoms with Gasteiger partial charge in [-0.25, -0.2) is 8.78 Å². The summed E-state index contributed by atoms with van der Waals surface area (Å²) in [6.45, 7) is 0. The zero-order valence-corrected chi connectivity index (χ0v) is 11.0. The number of rotatable bonds is 2. The van der Waals surface area contributed by atoms with Gasteiger partial charge >= 0.3 is 0 Å². The highest BCUT2D eigenvalue weighted by Gasteiger charge is 2.46. The molecule has 0 radical (unpaired) electrons. The van der Waals surface area contributed by atoms with E-state index in [-0.39, 0.29) is 18.7 Å². The van der Waals surface area contributed by atoms with Gasteiger partial charge in [-0.3, -0.25) is 4.79 Å². The van der Waals surface area contributed by atoms with Crippen LogP contribution in [-0.4, -0.2) is 17.9 Å². The molecule has 17 heavy (non-hydrogen) atoms. The first-order valence-corrected chi connectivity index (χ1v) is 6.19. The molecule has 92 valence electrons. The Morgan fingerprint density at radius 3 is 2.71 bits per heavy atom. The van der Waals surface area contributed by atoms with Gasteiger partial charge in [-0.05, 0) is 28.1 Å². The summed E-state index contributed by atoms with van der Waals surface area (Å²) in [5.41, 5.74) is 0.354. The van der Waals surface area contributed by atoms with E-state index < -0.39 is 12.0 Å². The van der Waals surface area contributed by atoms with E-state index in [2.05, 4.69) is 21.2 Å². The second-order valence-electron chi connectivity index (χ2n) is 4.04. The Labute approximate surface area is 110 Å². The maximum atomic E-state index is 12.6. The molecule has 1 aromatic rings. The summed E-state index contributed by atoms with van der Waals surface area (Å²) in [4.78, 5) is 11.8. The first-order valence-electron chi connectivity index (χ1n) is 5.02. The summed E-state index contributed by atoms with van der Waals surface area (Å²) in [5, 5.41) is 2.96. The summed E-state index contributed by atoms with van der Waals surface area (Å²) in [6, 6.07) is 4.41. The Bertz CT molecular complexity index is 459. The van der Waals surface area contributed by atoms with Crippen molar-refractivity contribution in [3.8, 4) is 0 Å². The second-order valence-corrected chi connectivity index (χ2v) is 5.24. The van der Waals surface area contributed by atoms with Crippen molar-refractivity contribution >= 4 is 33.4 Å². The molecule has 1 N–H and O–H groups in total. The molecule has 6 heteroatoms. The standard InChI is InChI=1S/C11H9BrClF2NO/c12-9-7(2-1-3-8(9)13)10(17)16-6-4-11(14,15)5-6/h1-3,6H,4-5H2,(H,16,17). The van der Waals surface area contributed by atoms with Gasteiger partial charge in [0.2, 0.25) is 0 Å². The van der Waals surface area contributed by atoms with Gasteiger partial charge in [-0.2, -0.15) is 0 Å². The van der Waals surface area contributed by atoms with Crippen LogP contribution in [0, 0.1) is 0 Å². The molecule has 1 fully saturated rings. The van der Waals surface area contributed by atoms with Crippen LogP contribution < -0.4 is 5.32 Å². The lowest BCUT2D eigenvalue weighted by Gasteiger charge is -2.35. The minimum Gasteiger partial charge on any atom is -0.349 e. The van der Waals surface area contributed by atoms with Gasteiger partial charge in [0, 0.05) is 23.4 Å². The van der Waals surface area contributed by atoms with Crippen molar-refractivity contribution in [2.24, 2.45) is 0 Å². The summed E-state index contributed by atoms with van der Waals surface area (Å²) in [7, 11) is 0. The Kier molecular flexibility index (Phi) is 3.41. The average molecular weight is 325 g/mol. The highest BCUT2D eigenvalue weighted by Crippen LogP contribution is 2.37. The van der Waals surface area contributed by atoms with Gasteiger partial charge in [-0.1, -0.05) is 17.7 Å². The minimum atomic E-state index is -2.64. The van der Waals surface area contributed by atoms with Crippen LogP contribution in [0.3, 0.4) is 0 Å². The van der Waals surface area contributed by atoms with Crippen LogP contribution in [-0.2, 0) is 0 Å². The number of hydrogen-bond acceptors (Lipinski definition) is 1. The molecule has 0 heterocycles. The molecule has 0 spiro atoms. The lowest BCUT2D eigenvalue weighted by Crippen LogP contribution is -2.50. The molecular weight excluding hydrogens is 315 g/mol. The second kappa shape index (κ2) is 4.53. The van der Waals surface area contributed by atoms with Gasteiger partial charge < -0.3 is 5.32 Å². The molecule has 0 aliphatic heterocycles. The average Bonchev–Trinajstić information content (AvgIpc) is 2.19. The number of carbonyl (C=O) groups excluding carboxylic acids is 1. The van der Waals surface area contributed by atoms with E-state index in [0.29, 0.717) is 15.1 Å². The van der Waals surface area contributed by atoms with Crippen LogP contribution in [0.25, 0.3) is 0 Å². The molecule has 0 saturated heterocycles. The number of nitrogens with one attached hydrogen (secondary N) is 1. The van der Waals surface area contributed by atoms with Crippen LogP contribution in [0.4, 0.5) is 8.78 Å². The predicted molar refractivity (Wildman–Crippen MR) is 64.6 cm³/mol. The molecule has 1 saturated carbocycles. The lowest BCUT2D eigenvalue weighted by molar-refractivity contribution is -0.0901. The molecule has 1 aliphatic rings. The topological polar surface area (TPSA) is 29.1 Å². The van der Waals surface area contributed by atoms with Crippen molar-refractivity contribution in [1.82, 2.24) is 5.32 Å². The number of carbonyl (C=O) groups is 1. The molecular formula is C11H9BrClF2NO. The van der Waals surface area contributed by atoms with Crippen LogP contribution in [0.5, 0.6) is 0 Å². The Morgan fingerprint density at radius 1 is 1.47 bits per heavy atom. The zero-order chi connectivity index (χ0) is 12.6. The van der Waals surface area contributed by atoms with Crippen molar-refractivity contribution in [3.63, 3.8) is 0 Å². The van der Waals surface area contributed by atoms with E-state index in [0.717, 1.165) is 0 Å². The summed E-state index contributed by atoms with van der Waals surface area (Å²) in [5.74, 6) is -3.02. The molecule has 0 bridgehead atoms. The highest BCUT2D eigenvalue weighted by molar-refractivity contribution is 9.10. The molecule has 1 aliphatic carbocycles. The van der Waals surface area contributed by atoms with E-state index >= 15 is 0 Å². The number of alkyl halides is 2. The fourth-order valence-corrected chi connectivity index (χ4v) is 2.32. The smallest absolute Gasteiger partial charge is 0.252 e. The number of amides is 1. The molecule has 2 nitrogen and oxygen atoms in total. The SMILES string of the molecule is O=C(NC1CC(F)(F)C1)c1cccc(Cl)c1Br. The third-order valence-electron chi connectivity index (χ3n) is 2.62. The van der Waals surface area contributed by atoms with E-state index in [9.17, 15) is 13.6 Å². The molecule has 1 aromatic carbocycles. The Hall–Kier alpha value is -0.680. The third kappa shape index (κ3) is 2.77. The molecule has 1 amide bonds. The van der Waals surface area contributed by atoms with Gasteiger partial charge in [-0.15, -0.1) is 0 Å². The van der Waals surface area contributed by atoms with Crippen LogP contribution in [0.1, 0.15) is 23.2 Å². The fraction of sp³-hybridized carbons (Fsp3) is 0.364. The minimum absolute atomic E-state index is 0.295. The first-order chi connectivity index (χ1) is 7.89. The van der Waals surface area contributed by atoms with Gasteiger partial charge in [0.1, 0.15) is 0 Å². The first kappa shape index (κ1) is 12.8. The third-order valence-corrected chi connectivity index (χ3v) is 4.02. The summed E-state index contributed by atoms with van der Waals surface area (Å²) in [6.07, 6.45) is -0.589. The van der Waals surface area contributed by atoms with Crippen LogP contribution in [0.15, 0.2) is 22.7 Å². The number of benzene rings is 1. The van der Waals surface area contributed by atoms with Crippen LogP contribution >= 0.6 is 27.5 Å². The lowest BCUT2D eigenvalue weighted by atomic mass is 9.88. The van der Waals surface area contributed by atoms with Crippen molar-refractivity contribution < 1.29 is 13.6 Å². The van der Waals surface area contributed by atoms with Crippen molar-refractivity contribution in [2.75, 3.05) is 0 Å². The van der Waals surface area contributed by atoms with Gasteiger partial charge in [0.15, 0.2) is 0 Å². The largest absolute Gasteiger partial charge is 0.349 e. The van der Waals surface area contributed by atoms with Crippen LogP contribution in [0.2, 0.25) is 5.02 Å². The van der Waals surface area contributed by atoms with Crippen molar-refractivity contribution in [1.29, 1.82) is 0 Å². The van der Waals surface area contributed by atoms with Gasteiger partial charge in [0.05, 0.1) is 10.6 Å². The van der Waals surface area contributed by atoms with Crippen molar-refractivity contribution in [3.05, 3.63) is 33.3 Å². The quantitative estimate of drug-likeness (QED) is 0.884. The highest BCUT2D eigenvalue weighted by atomic mass is 79.9. The number of hydrogen-bond donors (Lipinski definition) is 1. The maximum absolute atomic E-state index is 12.6. The van der Waals surface area contributed by atoms with E-state index in [1.54, 1.807) is 18.2 Å². The van der Waals surface area contributed by atoms with E-state index in [1.807, 2.05) is 0 Å². The Balaban J connectivity index is 2.04. The van der Waals surface area contributed by atoms with Gasteiger partial charge in [0.25, 0.3) is 11.8 Å². The summed E-state index contributed by atoms with van der Waals surface area (Å²) >= 11 is 9.03. The molecule has 2 rings (SSSR count). The normalized spacial score (nSPS) is 18.6. The van der Waals surface area contributed by atoms with E-state index in [4.69, 9.17) is 11.6 Å². The molecule has 0 unspecified atom stereocenters. The van der Waals surface area contributed by atoms with E-state index in [1.165, 1.54) is 0 Å². The number of halogens is 4. The fourth-order valence-electron chi connectivity index (χ4n) is 1.71. The monoisotopic (exact) mass is 323 g/mol. The Morgan fingerprint density at radius 2 is 2.12 bits per heavy atom.